The summed E-state index contributed by atoms with van der Waals surface area (Å²) in [6.07, 6.45) is 1.77. The Kier molecular flexibility index (Phi) is 2.20. The zero-order chi connectivity index (χ0) is 9.80. The number of amides is 1. The van der Waals surface area contributed by atoms with Crippen LogP contribution >= 0.6 is 31.9 Å². The lowest BCUT2D eigenvalue weighted by Gasteiger charge is -2.49. The van der Waals surface area contributed by atoms with E-state index in [1.807, 2.05) is 6.92 Å². The molecule has 0 N–H and O–H groups in total. The first-order valence-electron chi connectivity index (χ1n) is 3.69. The van der Waals surface area contributed by atoms with Crippen LogP contribution in [0.25, 0.3) is 0 Å². The molecule has 1 unspecified atom stereocenters. The van der Waals surface area contributed by atoms with E-state index in [9.17, 15) is 9.00 Å². The molecule has 13 heavy (non-hydrogen) atoms. The van der Waals surface area contributed by atoms with Crippen LogP contribution in [0, 0.1) is 0 Å². The van der Waals surface area contributed by atoms with Crippen LogP contribution in [-0.4, -0.2) is 29.4 Å². The van der Waals surface area contributed by atoms with Crippen molar-refractivity contribution >= 4 is 48.6 Å². The molecule has 1 fully saturated rings. The van der Waals surface area contributed by atoms with Gasteiger partial charge in [0.2, 0.25) is 0 Å². The van der Waals surface area contributed by atoms with Crippen LogP contribution in [0.15, 0.2) is 11.8 Å². The van der Waals surface area contributed by atoms with Crippen molar-refractivity contribution in [3.05, 3.63) is 11.8 Å². The van der Waals surface area contributed by atoms with Crippen molar-refractivity contribution in [2.24, 2.45) is 0 Å². The molecule has 0 saturated carbocycles. The molecule has 6 heteroatoms. The van der Waals surface area contributed by atoms with E-state index >= 15 is 0 Å². The van der Waals surface area contributed by atoms with Crippen molar-refractivity contribution < 1.29 is 9.00 Å². The fourth-order valence-corrected chi connectivity index (χ4v) is 5.11. The van der Waals surface area contributed by atoms with Gasteiger partial charge in [-0.3, -0.25) is 13.9 Å². The summed E-state index contributed by atoms with van der Waals surface area (Å²) in [5.41, 5.74) is 0.985. The van der Waals surface area contributed by atoms with E-state index in [1.54, 1.807) is 6.20 Å². The minimum atomic E-state index is -1.01. The molecule has 0 aromatic heterocycles. The van der Waals surface area contributed by atoms with E-state index in [2.05, 4.69) is 31.9 Å². The third-order valence-corrected chi connectivity index (χ3v) is 6.03. The van der Waals surface area contributed by atoms with Crippen molar-refractivity contribution in [2.45, 2.75) is 15.5 Å². The smallest absolute Gasteiger partial charge is 0.258 e. The van der Waals surface area contributed by atoms with Crippen LogP contribution in [0.5, 0.6) is 0 Å². The molecule has 0 bridgehead atoms. The third-order valence-electron chi connectivity index (χ3n) is 2.06. The maximum atomic E-state index is 11.6. The topological polar surface area (TPSA) is 37.4 Å². The second-order valence-corrected chi connectivity index (χ2v) is 8.25. The number of β-lactam (4-membered cyclic amide) rings is 1. The number of alkyl halides is 2. The number of carbonyl (C=O) groups excluding carboxylic acids is 1. The minimum absolute atomic E-state index is 0.0788. The molecule has 0 aromatic rings. The zero-order valence-electron chi connectivity index (χ0n) is 6.79. The van der Waals surface area contributed by atoms with E-state index in [1.165, 1.54) is 4.90 Å². The fourth-order valence-electron chi connectivity index (χ4n) is 1.49. The molecule has 1 amide bonds. The van der Waals surface area contributed by atoms with E-state index in [0.29, 0.717) is 5.75 Å². The number of hydrogen-bond acceptors (Lipinski definition) is 2. The molecule has 1 saturated heterocycles. The fraction of sp³-hybridized carbons (Fsp3) is 0.571. The lowest BCUT2D eigenvalue weighted by Crippen LogP contribution is -2.68. The second-order valence-electron chi connectivity index (χ2n) is 3.19. The SMILES string of the molecule is CC1=CN2C(=O)C(Br)(Br)[C@H]2S(=O)C1. The Morgan fingerprint density at radius 3 is 2.92 bits per heavy atom. The molecule has 0 radical (unpaired) electrons. The summed E-state index contributed by atoms with van der Waals surface area (Å²) in [5, 5.41) is -0.260. The first-order chi connectivity index (χ1) is 5.94. The molecule has 2 heterocycles. The number of halogens is 2. The van der Waals surface area contributed by atoms with E-state index in [4.69, 9.17) is 0 Å². The molecule has 0 aliphatic carbocycles. The molecule has 0 aromatic carbocycles. The van der Waals surface area contributed by atoms with Crippen molar-refractivity contribution in [2.75, 3.05) is 5.75 Å². The van der Waals surface area contributed by atoms with Gasteiger partial charge in [0.05, 0.1) is 10.8 Å². The maximum Gasteiger partial charge on any atom is 0.258 e. The van der Waals surface area contributed by atoms with Crippen LogP contribution < -0.4 is 0 Å². The van der Waals surface area contributed by atoms with Crippen LogP contribution in [-0.2, 0) is 15.6 Å². The quantitative estimate of drug-likeness (QED) is 0.496. The predicted octanol–water partition coefficient (Wildman–Crippen LogP) is 1.31. The van der Waals surface area contributed by atoms with Gasteiger partial charge in [0.25, 0.3) is 5.91 Å². The van der Waals surface area contributed by atoms with Gasteiger partial charge in [-0.05, 0) is 12.5 Å². The number of hydrogen-bond donors (Lipinski definition) is 0. The summed E-state index contributed by atoms with van der Waals surface area (Å²) in [6.45, 7) is 1.88. The molecule has 2 aliphatic rings. The Labute approximate surface area is 95.3 Å². The van der Waals surface area contributed by atoms with Gasteiger partial charge in [0.1, 0.15) is 5.37 Å². The van der Waals surface area contributed by atoms with Gasteiger partial charge >= 0.3 is 0 Å². The highest BCUT2D eigenvalue weighted by Crippen LogP contribution is 2.47. The summed E-state index contributed by atoms with van der Waals surface area (Å²) >= 11 is 6.47. The number of rotatable bonds is 0. The van der Waals surface area contributed by atoms with E-state index in [0.717, 1.165) is 5.57 Å². The zero-order valence-corrected chi connectivity index (χ0v) is 10.8. The highest BCUT2D eigenvalue weighted by molar-refractivity contribution is 9.26. The average Bonchev–Trinajstić information content (AvgIpc) is 2.01. The molecule has 3 nitrogen and oxygen atoms in total. The van der Waals surface area contributed by atoms with E-state index in [-0.39, 0.29) is 11.3 Å². The lowest BCUT2D eigenvalue weighted by molar-refractivity contribution is -0.137. The molecular weight excluding hydrogens is 322 g/mol. The Morgan fingerprint density at radius 1 is 1.69 bits per heavy atom. The molecule has 2 atom stereocenters. The van der Waals surface area contributed by atoms with Gasteiger partial charge in [0, 0.05) is 12.0 Å². The normalized spacial score (nSPS) is 36.4. The molecule has 0 spiro atoms. The lowest BCUT2D eigenvalue weighted by atomic mass is 10.2. The standard InChI is InChI=1S/C7H7Br2NO2S/c1-4-2-10-5(11)7(8,9)6(10)13(12)3-4/h2,6H,3H2,1H3/t6-,13?/m1/s1. The van der Waals surface area contributed by atoms with Gasteiger partial charge in [-0.1, -0.05) is 31.9 Å². The van der Waals surface area contributed by atoms with E-state index < -0.39 is 14.0 Å². The van der Waals surface area contributed by atoms with Crippen LogP contribution in [0.3, 0.4) is 0 Å². The predicted molar refractivity (Wildman–Crippen MR) is 58.0 cm³/mol. The second kappa shape index (κ2) is 2.90. The summed E-state index contributed by atoms with van der Waals surface area (Å²) in [4.78, 5) is 13.0. The monoisotopic (exact) mass is 327 g/mol. The maximum absolute atomic E-state index is 11.6. The van der Waals surface area contributed by atoms with Crippen LogP contribution in [0.2, 0.25) is 0 Å². The number of nitrogens with zero attached hydrogens (tertiary/aromatic N) is 1. The average molecular weight is 329 g/mol. The van der Waals surface area contributed by atoms with Gasteiger partial charge < -0.3 is 0 Å². The van der Waals surface area contributed by atoms with Crippen LogP contribution in [0.1, 0.15) is 6.92 Å². The molecule has 2 aliphatic heterocycles. The summed E-state index contributed by atoms with van der Waals surface area (Å²) in [6, 6.07) is 0. The molecule has 72 valence electrons. The summed E-state index contributed by atoms with van der Waals surface area (Å²) in [5.74, 6) is 0.470. The third kappa shape index (κ3) is 1.26. The van der Waals surface area contributed by atoms with Gasteiger partial charge in [-0.15, -0.1) is 0 Å². The van der Waals surface area contributed by atoms with Crippen molar-refractivity contribution in [1.29, 1.82) is 0 Å². The highest BCUT2D eigenvalue weighted by atomic mass is 79.9. The van der Waals surface area contributed by atoms with Gasteiger partial charge in [-0.2, -0.15) is 0 Å². The molecule has 2 rings (SSSR count). The Balaban J connectivity index is 2.38. The minimum Gasteiger partial charge on any atom is -0.299 e. The van der Waals surface area contributed by atoms with Gasteiger partial charge in [-0.25, -0.2) is 0 Å². The number of carbonyl (C=O) groups is 1. The first-order valence-corrected chi connectivity index (χ1v) is 6.66. The van der Waals surface area contributed by atoms with Crippen molar-refractivity contribution in [1.82, 2.24) is 4.90 Å². The molecular formula is C7H7Br2NO2S. The largest absolute Gasteiger partial charge is 0.299 e. The Hall–Kier alpha value is 0.320. The summed E-state index contributed by atoms with van der Waals surface area (Å²) in [7, 11) is -1.01. The Morgan fingerprint density at radius 2 is 2.31 bits per heavy atom. The summed E-state index contributed by atoms with van der Waals surface area (Å²) < 4.78 is 10.8. The number of fused-ring (bicyclic) bond motifs is 1. The van der Waals surface area contributed by atoms with Gasteiger partial charge in [0.15, 0.2) is 3.23 Å². The van der Waals surface area contributed by atoms with Crippen molar-refractivity contribution in [3.8, 4) is 0 Å². The van der Waals surface area contributed by atoms with Crippen molar-refractivity contribution in [3.63, 3.8) is 0 Å². The highest BCUT2D eigenvalue weighted by Gasteiger charge is 2.61. The first kappa shape index (κ1) is 9.86. The Bertz CT molecular complexity index is 339. The van der Waals surface area contributed by atoms with Crippen LogP contribution in [0.4, 0.5) is 0 Å².